The quantitative estimate of drug-likeness (QED) is 0.664. The van der Waals surface area contributed by atoms with E-state index in [0.717, 1.165) is 41.2 Å². The van der Waals surface area contributed by atoms with Crippen molar-refractivity contribution in [2.45, 2.75) is 33.2 Å². The first-order valence-electron chi connectivity index (χ1n) is 7.81. The van der Waals surface area contributed by atoms with Crippen LogP contribution >= 0.6 is 0 Å². The summed E-state index contributed by atoms with van der Waals surface area (Å²) in [7, 11) is 0. The van der Waals surface area contributed by atoms with Crippen molar-refractivity contribution >= 4 is 27.8 Å². The summed E-state index contributed by atoms with van der Waals surface area (Å²) in [6.07, 6.45) is 3.85. The maximum Gasteiger partial charge on any atom is 0.359 e. The molecule has 2 aromatic heterocycles. The lowest BCUT2D eigenvalue weighted by molar-refractivity contribution is 0.0521. The van der Waals surface area contributed by atoms with Crippen molar-refractivity contribution < 1.29 is 9.53 Å². The minimum absolute atomic E-state index is 0.353. The lowest BCUT2D eigenvalue weighted by atomic mass is 10.1. The summed E-state index contributed by atoms with van der Waals surface area (Å²) in [6.45, 7) is 5.20. The van der Waals surface area contributed by atoms with E-state index in [4.69, 9.17) is 4.74 Å². The number of carbonyl (C=O) groups excluding carboxylic acids is 1. The number of aromatic nitrogens is 2. The maximum atomic E-state index is 12.3. The Kier molecular flexibility index (Phi) is 4.09. The van der Waals surface area contributed by atoms with Crippen LogP contribution in [-0.2, 0) is 11.3 Å². The number of hydrogen-bond acceptors (Lipinski definition) is 3. The highest BCUT2D eigenvalue weighted by molar-refractivity contribution is 6.13. The number of esters is 1. The van der Waals surface area contributed by atoms with Crippen molar-refractivity contribution in [3.8, 4) is 0 Å². The van der Waals surface area contributed by atoms with Gasteiger partial charge in [0.1, 0.15) is 0 Å². The van der Waals surface area contributed by atoms with Gasteiger partial charge in [0.25, 0.3) is 0 Å². The molecule has 0 saturated carbocycles. The van der Waals surface area contributed by atoms with Gasteiger partial charge in [-0.25, -0.2) is 9.78 Å². The van der Waals surface area contributed by atoms with E-state index in [-0.39, 0.29) is 5.97 Å². The van der Waals surface area contributed by atoms with Crippen LogP contribution < -0.4 is 0 Å². The van der Waals surface area contributed by atoms with Gasteiger partial charge in [-0.2, -0.15) is 0 Å². The smallest absolute Gasteiger partial charge is 0.359 e. The summed E-state index contributed by atoms with van der Waals surface area (Å²) in [4.78, 5) is 16.6. The second-order valence-electron chi connectivity index (χ2n) is 5.30. The normalized spacial score (nSPS) is 11.2. The number of nitrogens with zero attached hydrogens (tertiary/aromatic N) is 2. The number of hydrogen-bond donors (Lipinski definition) is 0. The number of aryl methyl sites for hydroxylation is 1. The first-order chi connectivity index (χ1) is 10.8. The number of para-hydroxylation sites is 1. The van der Waals surface area contributed by atoms with Crippen LogP contribution in [0.4, 0.5) is 0 Å². The molecule has 4 nitrogen and oxygen atoms in total. The van der Waals surface area contributed by atoms with Crippen LogP contribution in [-0.4, -0.2) is 22.1 Å². The predicted octanol–water partition coefficient (Wildman–Crippen LogP) is 4.17. The molecule has 0 radical (unpaired) electrons. The number of fused-ring (bicyclic) bond motifs is 3. The molecule has 3 aromatic rings. The molecule has 2 heterocycles. The van der Waals surface area contributed by atoms with Crippen molar-refractivity contribution in [2.75, 3.05) is 6.61 Å². The molecule has 0 saturated heterocycles. The van der Waals surface area contributed by atoms with E-state index in [2.05, 4.69) is 28.6 Å². The van der Waals surface area contributed by atoms with Crippen LogP contribution in [0.15, 0.2) is 36.5 Å². The summed E-state index contributed by atoms with van der Waals surface area (Å²) in [5, 5.41) is 2.21. The summed E-state index contributed by atoms with van der Waals surface area (Å²) in [5.74, 6) is -0.353. The second-order valence-corrected chi connectivity index (χ2v) is 5.30. The SMILES string of the molecule is CCCCn1c2ccccc2c2ccnc(C(=O)OCC)c21. The highest BCUT2D eigenvalue weighted by atomic mass is 16.5. The highest BCUT2D eigenvalue weighted by Gasteiger charge is 2.19. The zero-order valence-electron chi connectivity index (χ0n) is 13.0. The van der Waals surface area contributed by atoms with Gasteiger partial charge in [0.15, 0.2) is 5.69 Å². The Bertz CT molecular complexity index is 820. The van der Waals surface area contributed by atoms with Crippen molar-refractivity contribution in [1.29, 1.82) is 0 Å². The van der Waals surface area contributed by atoms with Crippen molar-refractivity contribution in [3.63, 3.8) is 0 Å². The van der Waals surface area contributed by atoms with E-state index in [9.17, 15) is 4.79 Å². The monoisotopic (exact) mass is 296 g/mol. The van der Waals surface area contributed by atoms with Gasteiger partial charge >= 0.3 is 5.97 Å². The van der Waals surface area contributed by atoms with Crippen LogP contribution in [0.1, 0.15) is 37.2 Å². The minimum Gasteiger partial charge on any atom is -0.461 e. The third-order valence-electron chi connectivity index (χ3n) is 3.88. The van der Waals surface area contributed by atoms with Gasteiger partial charge in [0.05, 0.1) is 12.1 Å². The average molecular weight is 296 g/mol. The fraction of sp³-hybridized carbons (Fsp3) is 0.333. The molecule has 3 rings (SSSR count). The predicted molar refractivity (Wildman–Crippen MR) is 88.1 cm³/mol. The summed E-state index contributed by atoms with van der Waals surface area (Å²) < 4.78 is 7.38. The third kappa shape index (κ3) is 2.34. The van der Waals surface area contributed by atoms with E-state index in [1.807, 2.05) is 25.1 Å². The number of carbonyl (C=O) groups is 1. The van der Waals surface area contributed by atoms with E-state index < -0.39 is 0 Å². The van der Waals surface area contributed by atoms with E-state index in [1.165, 1.54) is 0 Å². The number of benzene rings is 1. The van der Waals surface area contributed by atoms with Crippen molar-refractivity contribution in [3.05, 3.63) is 42.2 Å². The third-order valence-corrected chi connectivity index (χ3v) is 3.88. The van der Waals surface area contributed by atoms with Gasteiger partial charge in [0, 0.05) is 29.0 Å². The zero-order chi connectivity index (χ0) is 15.5. The van der Waals surface area contributed by atoms with E-state index in [0.29, 0.717) is 12.3 Å². The van der Waals surface area contributed by atoms with E-state index >= 15 is 0 Å². The fourth-order valence-electron chi connectivity index (χ4n) is 2.90. The number of ether oxygens (including phenoxy) is 1. The molecule has 0 spiro atoms. The number of rotatable bonds is 5. The summed E-state index contributed by atoms with van der Waals surface area (Å²) >= 11 is 0. The summed E-state index contributed by atoms with van der Waals surface area (Å²) in [6, 6.07) is 10.2. The molecule has 0 N–H and O–H groups in total. The first-order valence-corrected chi connectivity index (χ1v) is 7.81. The van der Waals surface area contributed by atoms with Crippen LogP contribution in [0.5, 0.6) is 0 Å². The molecule has 0 atom stereocenters. The van der Waals surface area contributed by atoms with Gasteiger partial charge in [0.2, 0.25) is 0 Å². The Morgan fingerprint density at radius 2 is 2.00 bits per heavy atom. The molecule has 114 valence electrons. The van der Waals surface area contributed by atoms with Crippen molar-refractivity contribution in [2.24, 2.45) is 0 Å². The summed E-state index contributed by atoms with van der Waals surface area (Å²) in [5.41, 5.74) is 2.44. The lowest BCUT2D eigenvalue weighted by Crippen LogP contribution is -2.10. The van der Waals surface area contributed by atoms with Gasteiger partial charge < -0.3 is 9.30 Å². The Balaban J connectivity index is 2.32. The van der Waals surface area contributed by atoms with Crippen LogP contribution in [0, 0.1) is 0 Å². The first kappa shape index (κ1) is 14.6. The molecule has 1 aromatic carbocycles. The maximum absolute atomic E-state index is 12.3. The van der Waals surface area contributed by atoms with Crippen molar-refractivity contribution in [1.82, 2.24) is 9.55 Å². The molecular weight excluding hydrogens is 276 g/mol. The molecule has 0 fully saturated rings. The van der Waals surface area contributed by atoms with Gasteiger partial charge in [-0.3, -0.25) is 0 Å². The molecule has 0 unspecified atom stereocenters. The average Bonchev–Trinajstić information content (AvgIpc) is 2.87. The Morgan fingerprint density at radius 3 is 2.77 bits per heavy atom. The molecule has 0 aliphatic heterocycles. The zero-order valence-corrected chi connectivity index (χ0v) is 13.0. The number of unbranched alkanes of at least 4 members (excludes halogenated alkanes) is 1. The Hall–Kier alpha value is -2.36. The molecule has 0 aliphatic rings. The second kappa shape index (κ2) is 6.18. The minimum atomic E-state index is -0.353. The topological polar surface area (TPSA) is 44.1 Å². The van der Waals surface area contributed by atoms with E-state index in [1.54, 1.807) is 6.20 Å². The molecule has 0 aliphatic carbocycles. The van der Waals surface area contributed by atoms with Crippen LogP contribution in [0.25, 0.3) is 21.8 Å². The molecule has 0 amide bonds. The molecular formula is C18H20N2O2. The lowest BCUT2D eigenvalue weighted by Gasteiger charge is -2.09. The standard InChI is InChI=1S/C18H20N2O2/c1-3-5-12-20-15-9-7-6-8-13(15)14-10-11-19-16(17(14)20)18(21)22-4-2/h6-11H,3-5,12H2,1-2H3. The fourth-order valence-corrected chi connectivity index (χ4v) is 2.90. The van der Waals surface area contributed by atoms with Gasteiger partial charge in [-0.05, 0) is 25.5 Å². The molecule has 22 heavy (non-hydrogen) atoms. The molecule has 0 bridgehead atoms. The molecule has 4 heteroatoms. The Morgan fingerprint density at radius 1 is 1.18 bits per heavy atom. The number of pyridine rings is 1. The van der Waals surface area contributed by atoms with Crippen LogP contribution in [0.3, 0.4) is 0 Å². The van der Waals surface area contributed by atoms with Crippen LogP contribution in [0.2, 0.25) is 0 Å². The highest BCUT2D eigenvalue weighted by Crippen LogP contribution is 2.30. The van der Waals surface area contributed by atoms with Gasteiger partial charge in [-0.15, -0.1) is 0 Å². The Labute approximate surface area is 129 Å². The largest absolute Gasteiger partial charge is 0.461 e. The van der Waals surface area contributed by atoms with Gasteiger partial charge in [-0.1, -0.05) is 31.5 Å².